The van der Waals surface area contributed by atoms with Gasteiger partial charge >= 0.3 is 0 Å². The van der Waals surface area contributed by atoms with Crippen LogP contribution in [0.25, 0.3) is 10.9 Å². The van der Waals surface area contributed by atoms with E-state index >= 15 is 0 Å². The highest BCUT2D eigenvalue weighted by molar-refractivity contribution is 6.35. The summed E-state index contributed by atoms with van der Waals surface area (Å²) >= 11 is 6.13. The van der Waals surface area contributed by atoms with Crippen LogP contribution in [-0.2, 0) is 0 Å². The van der Waals surface area contributed by atoms with E-state index in [1.165, 1.54) is 7.11 Å². The van der Waals surface area contributed by atoms with Gasteiger partial charge in [0, 0.05) is 22.7 Å². The summed E-state index contributed by atoms with van der Waals surface area (Å²) in [6.45, 7) is 1.89. The van der Waals surface area contributed by atoms with Crippen molar-refractivity contribution >= 4 is 28.2 Å². The first-order chi connectivity index (χ1) is 12.0. The number of pyridine rings is 1. The number of aromatic nitrogens is 1. The molecule has 3 rings (SSSR count). The molecule has 0 unspecified atom stereocenters. The third kappa shape index (κ3) is 3.30. The van der Waals surface area contributed by atoms with Crippen molar-refractivity contribution in [3.05, 3.63) is 69.0 Å². The van der Waals surface area contributed by atoms with Gasteiger partial charge < -0.3 is 15.0 Å². The van der Waals surface area contributed by atoms with Crippen LogP contribution in [0.2, 0.25) is 5.02 Å². The number of fused-ring (bicyclic) bond motifs is 1. The summed E-state index contributed by atoms with van der Waals surface area (Å²) in [5.74, 6) is 0.485. The number of aromatic amines is 1. The standard InChI is InChI=1S/C19H16ClN3O2/c1-11(22-14-7-6-13(10-21)17(9-14)25-2)15-8-12-4-3-5-16(20)18(12)23-19(15)24/h3-9,11,22H,1-2H3,(H,23,24)/t11-/m1/s1. The molecule has 0 amide bonds. The molecule has 0 aliphatic rings. The fourth-order valence-electron chi connectivity index (χ4n) is 2.73. The lowest BCUT2D eigenvalue weighted by molar-refractivity contribution is 0.413. The zero-order chi connectivity index (χ0) is 18.0. The molecule has 0 saturated heterocycles. The topological polar surface area (TPSA) is 77.9 Å². The molecule has 3 aromatic rings. The van der Waals surface area contributed by atoms with Crippen LogP contribution < -0.4 is 15.6 Å². The summed E-state index contributed by atoms with van der Waals surface area (Å²) in [7, 11) is 1.52. The van der Waals surface area contributed by atoms with Crippen molar-refractivity contribution in [2.45, 2.75) is 13.0 Å². The van der Waals surface area contributed by atoms with Crippen LogP contribution in [0.1, 0.15) is 24.1 Å². The minimum atomic E-state index is -0.246. The molecule has 25 heavy (non-hydrogen) atoms. The highest BCUT2D eigenvalue weighted by atomic mass is 35.5. The fraction of sp³-hybridized carbons (Fsp3) is 0.158. The van der Waals surface area contributed by atoms with E-state index in [1.807, 2.05) is 25.1 Å². The number of benzene rings is 2. The minimum Gasteiger partial charge on any atom is -0.495 e. The Labute approximate surface area is 149 Å². The number of H-pyrrole nitrogens is 1. The molecule has 5 nitrogen and oxygen atoms in total. The molecule has 1 heterocycles. The van der Waals surface area contributed by atoms with E-state index in [2.05, 4.69) is 16.4 Å². The van der Waals surface area contributed by atoms with Crippen LogP contribution in [0.5, 0.6) is 5.75 Å². The van der Waals surface area contributed by atoms with Crippen molar-refractivity contribution in [3.63, 3.8) is 0 Å². The lowest BCUT2D eigenvalue weighted by Crippen LogP contribution is -2.19. The van der Waals surface area contributed by atoms with Gasteiger partial charge in [0.2, 0.25) is 0 Å². The molecule has 2 N–H and O–H groups in total. The van der Waals surface area contributed by atoms with Gasteiger partial charge in [-0.3, -0.25) is 4.79 Å². The van der Waals surface area contributed by atoms with Gasteiger partial charge in [-0.2, -0.15) is 5.26 Å². The molecule has 1 atom stereocenters. The normalized spacial score (nSPS) is 11.8. The number of nitrogens with zero attached hydrogens (tertiary/aromatic N) is 1. The highest BCUT2D eigenvalue weighted by Crippen LogP contribution is 2.26. The predicted octanol–water partition coefficient (Wildman–Crippen LogP) is 4.23. The number of nitriles is 1. The van der Waals surface area contributed by atoms with Gasteiger partial charge in [-0.05, 0) is 31.2 Å². The van der Waals surface area contributed by atoms with E-state index in [0.717, 1.165) is 11.1 Å². The predicted molar refractivity (Wildman–Crippen MR) is 99.3 cm³/mol. The number of methoxy groups -OCH3 is 1. The molecule has 0 bridgehead atoms. The lowest BCUT2D eigenvalue weighted by Gasteiger charge is -2.16. The largest absolute Gasteiger partial charge is 0.495 e. The smallest absolute Gasteiger partial charge is 0.253 e. The maximum absolute atomic E-state index is 12.4. The minimum absolute atomic E-state index is 0.193. The zero-order valence-electron chi connectivity index (χ0n) is 13.8. The van der Waals surface area contributed by atoms with Crippen LogP contribution in [-0.4, -0.2) is 12.1 Å². The number of anilines is 1. The molecule has 0 saturated carbocycles. The monoisotopic (exact) mass is 353 g/mol. The Morgan fingerprint density at radius 1 is 1.28 bits per heavy atom. The van der Waals surface area contributed by atoms with Crippen LogP contribution in [0.3, 0.4) is 0 Å². The molecule has 0 aliphatic heterocycles. The maximum Gasteiger partial charge on any atom is 0.253 e. The van der Waals surface area contributed by atoms with Crippen molar-refractivity contribution in [3.8, 4) is 11.8 Å². The summed E-state index contributed by atoms with van der Waals surface area (Å²) in [6.07, 6.45) is 0. The SMILES string of the molecule is COc1cc(N[C@H](C)c2cc3cccc(Cl)c3[nH]c2=O)ccc1C#N. The average Bonchev–Trinajstić information content (AvgIpc) is 2.61. The van der Waals surface area contributed by atoms with E-state index in [4.69, 9.17) is 21.6 Å². The number of nitrogens with one attached hydrogen (secondary N) is 2. The second-order valence-corrected chi connectivity index (χ2v) is 6.06. The maximum atomic E-state index is 12.4. The van der Waals surface area contributed by atoms with Crippen LogP contribution in [0.4, 0.5) is 5.69 Å². The number of ether oxygens (including phenoxy) is 1. The number of hydrogen-bond donors (Lipinski definition) is 2. The van der Waals surface area contributed by atoms with E-state index < -0.39 is 0 Å². The Morgan fingerprint density at radius 3 is 2.80 bits per heavy atom. The summed E-state index contributed by atoms with van der Waals surface area (Å²) in [4.78, 5) is 15.3. The van der Waals surface area contributed by atoms with Crippen molar-refractivity contribution in [2.75, 3.05) is 12.4 Å². The Morgan fingerprint density at radius 2 is 2.08 bits per heavy atom. The lowest BCUT2D eigenvalue weighted by atomic mass is 10.1. The summed E-state index contributed by atoms with van der Waals surface area (Å²) in [5, 5.41) is 13.7. The molecule has 1 aromatic heterocycles. The zero-order valence-corrected chi connectivity index (χ0v) is 14.5. The Kier molecular flexibility index (Phi) is 4.64. The molecule has 0 aliphatic carbocycles. The van der Waals surface area contributed by atoms with Gasteiger partial charge in [-0.15, -0.1) is 0 Å². The van der Waals surface area contributed by atoms with Gasteiger partial charge in [0.25, 0.3) is 5.56 Å². The van der Waals surface area contributed by atoms with Crippen LogP contribution in [0, 0.1) is 11.3 Å². The molecule has 0 radical (unpaired) electrons. The highest BCUT2D eigenvalue weighted by Gasteiger charge is 2.13. The van der Waals surface area contributed by atoms with Gasteiger partial charge in [-0.1, -0.05) is 23.7 Å². The molecule has 6 heteroatoms. The van der Waals surface area contributed by atoms with Gasteiger partial charge in [0.1, 0.15) is 11.8 Å². The van der Waals surface area contributed by atoms with Crippen molar-refractivity contribution < 1.29 is 4.74 Å². The first-order valence-corrected chi connectivity index (χ1v) is 8.07. The molecule has 0 spiro atoms. The van der Waals surface area contributed by atoms with Gasteiger partial charge in [0.15, 0.2) is 0 Å². The number of halogens is 1. The third-order valence-corrected chi connectivity index (χ3v) is 4.34. The quantitative estimate of drug-likeness (QED) is 0.735. The van der Waals surface area contributed by atoms with Crippen molar-refractivity contribution in [2.24, 2.45) is 0 Å². The van der Waals surface area contributed by atoms with Gasteiger partial charge in [-0.25, -0.2) is 0 Å². The summed E-state index contributed by atoms with van der Waals surface area (Å²) in [6, 6.07) is 14.3. The van der Waals surface area contributed by atoms with Crippen molar-refractivity contribution in [1.82, 2.24) is 4.98 Å². The number of hydrogen-bond acceptors (Lipinski definition) is 4. The summed E-state index contributed by atoms with van der Waals surface area (Å²) < 4.78 is 5.21. The second kappa shape index (κ2) is 6.88. The second-order valence-electron chi connectivity index (χ2n) is 5.65. The van der Waals surface area contributed by atoms with Crippen LogP contribution >= 0.6 is 11.6 Å². The number of para-hydroxylation sites is 1. The Balaban J connectivity index is 1.95. The first-order valence-electron chi connectivity index (χ1n) is 7.69. The van der Waals surface area contributed by atoms with E-state index in [9.17, 15) is 4.79 Å². The van der Waals surface area contributed by atoms with E-state index in [-0.39, 0.29) is 11.6 Å². The molecule has 2 aromatic carbocycles. The van der Waals surface area contributed by atoms with Crippen LogP contribution in [0.15, 0.2) is 47.3 Å². The Bertz CT molecular complexity index is 1040. The Hall–Kier alpha value is -2.97. The first kappa shape index (κ1) is 16.9. The van der Waals surface area contributed by atoms with E-state index in [1.54, 1.807) is 24.3 Å². The molecular weight excluding hydrogens is 338 g/mol. The molecule has 0 fully saturated rings. The molecule has 126 valence electrons. The fourth-order valence-corrected chi connectivity index (χ4v) is 2.96. The third-order valence-electron chi connectivity index (χ3n) is 4.03. The summed E-state index contributed by atoms with van der Waals surface area (Å²) in [5.41, 5.74) is 2.25. The molecular formula is C19H16ClN3O2. The number of rotatable bonds is 4. The van der Waals surface area contributed by atoms with Gasteiger partial charge in [0.05, 0.1) is 29.3 Å². The average molecular weight is 354 g/mol. The van der Waals surface area contributed by atoms with E-state index in [0.29, 0.717) is 27.4 Å². The van der Waals surface area contributed by atoms with Crippen molar-refractivity contribution in [1.29, 1.82) is 5.26 Å².